The average molecular weight is 335 g/mol. The van der Waals surface area contributed by atoms with Gasteiger partial charge in [0.05, 0.1) is 11.6 Å². The van der Waals surface area contributed by atoms with Gasteiger partial charge in [-0.3, -0.25) is 9.59 Å². The summed E-state index contributed by atoms with van der Waals surface area (Å²) in [6, 6.07) is 16.5. The Morgan fingerprint density at radius 1 is 1.16 bits per heavy atom. The minimum Gasteiger partial charge on any atom is -0.326 e. The van der Waals surface area contributed by atoms with Gasteiger partial charge >= 0.3 is 0 Å². The fraction of sp³-hybridized carbons (Fsp3) is 0.250. The monoisotopic (exact) mass is 335 g/mol. The number of aryl methyl sites for hydroxylation is 1. The Morgan fingerprint density at radius 2 is 1.88 bits per heavy atom. The molecular weight excluding hydrogens is 314 g/mol. The van der Waals surface area contributed by atoms with E-state index >= 15 is 0 Å². The van der Waals surface area contributed by atoms with Crippen molar-refractivity contribution >= 4 is 23.2 Å². The minimum atomic E-state index is -0.171. The van der Waals surface area contributed by atoms with Crippen LogP contribution < -0.4 is 10.2 Å². The lowest BCUT2D eigenvalue weighted by Gasteiger charge is -2.21. The molecule has 0 aliphatic rings. The number of nitrogens with zero attached hydrogens (tertiary/aromatic N) is 2. The molecule has 0 bridgehead atoms. The molecule has 0 radical (unpaired) electrons. The molecular formula is C20H21N3O2. The molecule has 0 aliphatic heterocycles. The number of rotatable bonds is 6. The molecule has 5 heteroatoms. The van der Waals surface area contributed by atoms with Gasteiger partial charge in [-0.2, -0.15) is 5.26 Å². The molecule has 0 aromatic heterocycles. The van der Waals surface area contributed by atoms with Crippen LogP contribution in [0.15, 0.2) is 48.5 Å². The largest absolute Gasteiger partial charge is 0.326 e. The van der Waals surface area contributed by atoms with E-state index in [0.717, 1.165) is 12.1 Å². The average Bonchev–Trinajstić information content (AvgIpc) is 2.62. The molecule has 0 aliphatic carbocycles. The maximum Gasteiger partial charge on any atom is 0.226 e. The van der Waals surface area contributed by atoms with Gasteiger partial charge in [-0.1, -0.05) is 25.1 Å². The van der Waals surface area contributed by atoms with Gasteiger partial charge in [0.2, 0.25) is 11.8 Å². The highest BCUT2D eigenvalue weighted by molar-refractivity contribution is 5.94. The van der Waals surface area contributed by atoms with Crippen LogP contribution in [0.5, 0.6) is 0 Å². The highest BCUT2D eigenvalue weighted by atomic mass is 16.2. The van der Waals surface area contributed by atoms with E-state index in [0.29, 0.717) is 11.3 Å². The Morgan fingerprint density at radius 3 is 2.48 bits per heavy atom. The third-order valence-electron chi connectivity index (χ3n) is 3.88. The summed E-state index contributed by atoms with van der Waals surface area (Å²) in [4.78, 5) is 25.5. The standard InChI is InChI=1S/C20H21N3O2/c1-3-16-7-9-18(10-8-16)22-20(25)11-12-23(15(2)24)19-6-4-5-17(13-19)14-21/h4-10,13H,3,11-12H2,1-2H3,(H,22,25). The molecule has 0 saturated carbocycles. The third kappa shape index (κ3) is 5.18. The molecule has 2 rings (SSSR count). The van der Waals surface area contributed by atoms with Gasteiger partial charge in [0.25, 0.3) is 0 Å². The van der Waals surface area contributed by atoms with Gasteiger partial charge in [0.1, 0.15) is 0 Å². The van der Waals surface area contributed by atoms with Crippen molar-refractivity contribution in [1.29, 1.82) is 5.26 Å². The topological polar surface area (TPSA) is 73.2 Å². The number of carbonyl (C=O) groups excluding carboxylic acids is 2. The van der Waals surface area contributed by atoms with Crippen LogP contribution in [0.2, 0.25) is 0 Å². The van der Waals surface area contributed by atoms with Crippen molar-refractivity contribution in [3.63, 3.8) is 0 Å². The van der Waals surface area contributed by atoms with Crippen molar-refractivity contribution in [2.24, 2.45) is 0 Å². The van der Waals surface area contributed by atoms with Gasteiger partial charge in [-0.25, -0.2) is 0 Å². The van der Waals surface area contributed by atoms with E-state index in [2.05, 4.69) is 18.3 Å². The molecule has 5 nitrogen and oxygen atoms in total. The normalized spacial score (nSPS) is 9.96. The fourth-order valence-corrected chi connectivity index (χ4v) is 2.47. The van der Waals surface area contributed by atoms with Gasteiger partial charge in [0, 0.05) is 31.3 Å². The molecule has 2 aromatic rings. The Kier molecular flexibility index (Phi) is 6.30. The van der Waals surface area contributed by atoms with E-state index in [1.165, 1.54) is 17.4 Å². The molecule has 0 spiro atoms. The third-order valence-corrected chi connectivity index (χ3v) is 3.88. The van der Waals surface area contributed by atoms with Crippen molar-refractivity contribution in [2.75, 3.05) is 16.8 Å². The van der Waals surface area contributed by atoms with Gasteiger partial charge in [0.15, 0.2) is 0 Å². The zero-order valence-electron chi connectivity index (χ0n) is 14.5. The summed E-state index contributed by atoms with van der Waals surface area (Å²) in [6.45, 7) is 3.77. The van der Waals surface area contributed by atoms with Crippen molar-refractivity contribution in [1.82, 2.24) is 0 Å². The number of hydrogen-bond acceptors (Lipinski definition) is 3. The SMILES string of the molecule is CCc1ccc(NC(=O)CCN(C(C)=O)c2cccc(C#N)c2)cc1. The van der Waals surface area contributed by atoms with Crippen LogP contribution in [-0.4, -0.2) is 18.4 Å². The summed E-state index contributed by atoms with van der Waals surface area (Å²) in [6.07, 6.45) is 1.12. The summed E-state index contributed by atoms with van der Waals surface area (Å²) >= 11 is 0. The van der Waals surface area contributed by atoms with E-state index in [4.69, 9.17) is 5.26 Å². The second-order valence-electron chi connectivity index (χ2n) is 5.68. The second-order valence-corrected chi connectivity index (χ2v) is 5.68. The second kappa shape index (κ2) is 8.65. The summed E-state index contributed by atoms with van der Waals surface area (Å²) in [7, 11) is 0. The predicted molar refractivity (Wildman–Crippen MR) is 98.3 cm³/mol. The number of hydrogen-bond donors (Lipinski definition) is 1. The summed E-state index contributed by atoms with van der Waals surface area (Å²) < 4.78 is 0. The van der Waals surface area contributed by atoms with Gasteiger partial charge < -0.3 is 10.2 Å². The zero-order chi connectivity index (χ0) is 18.2. The van der Waals surface area contributed by atoms with Crippen LogP contribution >= 0.6 is 0 Å². The molecule has 0 heterocycles. The lowest BCUT2D eigenvalue weighted by molar-refractivity contribution is -0.117. The first-order chi connectivity index (χ1) is 12.0. The fourth-order valence-electron chi connectivity index (χ4n) is 2.47. The van der Waals surface area contributed by atoms with Crippen molar-refractivity contribution in [2.45, 2.75) is 26.7 Å². The molecule has 0 atom stereocenters. The van der Waals surface area contributed by atoms with Crippen LogP contribution in [0.3, 0.4) is 0 Å². The van der Waals surface area contributed by atoms with Crippen molar-refractivity contribution < 1.29 is 9.59 Å². The van der Waals surface area contributed by atoms with Crippen molar-refractivity contribution in [3.05, 3.63) is 59.7 Å². The van der Waals surface area contributed by atoms with Crippen LogP contribution in [0.25, 0.3) is 0 Å². The first kappa shape index (κ1) is 18.2. The highest BCUT2D eigenvalue weighted by Gasteiger charge is 2.14. The molecule has 128 valence electrons. The Hall–Kier alpha value is -3.13. The number of nitrogens with one attached hydrogen (secondary N) is 1. The lowest BCUT2D eigenvalue weighted by atomic mass is 10.1. The van der Waals surface area contributed by atoms with E-state index in [1.807, 2.05) is 24.3 Å². The quantitative estimate of drug-likeness (QED) is 0.878. The molecule has 2 amide bonds. The Labute approximate surface area is 147 Å². The first-order valence-corrected chi connectivity index (χ1v) is 8.20. The number of anilines is 2. The lowest BCUT2D eigenvalue weighted by Crippen LogP contribution is -2.32. The summed E-state index contributed by atoms with van der Waals surface area (Å²) in [5, 5.41) is 11.8. The van der Waals surface area contributed by atoms with Gasteiger partial charge in [-0.05, 0) is 42.3 Å². The Balaban J connectivity index is 1.99. The van der Waals surface area contributed by atoms with E-state index in [9.17, 15) is 9.59 Å². The minimum absolute atomic E-state index is 0.160. The molecule has 25 heavy (non-hydrogen) atoms. The zero-order valence-corrected chi connectivity index (χ0v) is 14.5. The Bertz CT molecular complexity index is 791. The molecule has 0 saturated heterocycles. The van der Waals surface area contributed by atoms with Crippen LogP contribution in [0.4, 0.5) is 11.4 Å². The van der Waals surface area contributed by atoms with E-state index in [-0.39, 0.29) is 24.8 Å². The number of amides is 2. The molecule has 0 unspecified atom stereocenters. The van der Waals surface area contributed by atoms with Crippen molar-refractivity contribution in [3.8, 4) is 6.07 Å². The van der Waals surface area contributed by atoms with E-state index in [1.54, 1.807) is 24.3 Å². The highest BCUT2D eigenvalue weighted by Crippen LogP contribution is 2.17. The van der Waals surface area contributed by atoms with Crippen LogP contribution in [0.1, 0.15) is 31.4 Å². The van der Waals surface area contributed by atoms with Crippen LogP contribution in [0, 0.1) is 11.3 Å². The summed E-state index contributed by atoms with van der Waals surface area (Å²) in [5.74, 6) is -0.331. The number of benzene rings is 2. The van der Waals surface area contributed by atoms with E-state index < -0.39 is 0 Å². The molecule has 2 aromatic carbocycles. The molecule has 1 N–H and O–H groups in total. The number of nitriles is 1. The molecule has 0 fully saturated rings. The van der Waals surface area contributed by atoms with Crippen LogP contribution in [-0.2, 0) is 16.0 Å². The summed E-state index contributed by atoms with van der Waals surface area (Å²) in [5.41, 5.74) is 3.04. The smallest absolute Gasteiger partial charge is 0.226 e. The maximum absolute atomic E-state index is 12.1. The number of carbonyl (C=O) groups is 2. The predicted octanol–water partition coefficient (Wildman–Crippen LogP) is 3.50. The first-order valence-electron chi connectivity index (χ1n) is 8.20. The maximum atomic E-state index is 12.1. The van der Waals surface area contributed by atoms with Gasteiger partial charge in [-0.15, -0.1) is 0 Å².